The van der Waals surface area contributed by atoms with Crippen molar-refractivity contribution in [3.63, 3.8) is 0 Å². The first-order valence-electron chi connectivity index (χ1n) is 5.81. The summed E-state index contributed by atoms with van der Waals surface area (Å²) in [4.78, 5) is 1.74. The van der Waals surface area contributed by atoms with Crippen LogP contribution in [0.4, 0.5) is 8.78 Å². The molecule has 0 saturated carbocycles. The molecule has 18 heavy (non-hydrogen) atoms. The molecule has 1 aliphatic rings. The van der Waals surface area contributed by atoms with E-state index < -0.39 is 12.5 Å². The number of phenols is 1. The number of nitrogens with one attached hydrogen (secondary N) is 1. The summed E-state index contributed by atoms with van der Waals surface area (Å²) in [6.07, 6.45) is -2.48. The number of hydrogen-bond acceptors (Lipinski definition) is 3. The van der Waals surface area contributed by atoms with Gasteiger partial charge in [0.05, 0.1) is 11.1 Å². The van der Waals surface area contributed by atoms with Gasteiger partial charge in [-0.05, 0) is 17.7 Å². The molecule has 1 atom stereocenters. The summed E-state index contributed by atoms with van der Waals surface area (Å²) in [7, 11) is 0. The Hall–Kier alpha value is -0.910. The standard InChI is InChI=1S/C12H15ClF2N2O/c13-9-7-8(1-2-10(9)18)11(12(14)15)17-5-3-16-4-6-17/h1-2,7,11-12,16,18H,3-6H2/t11-/m0/s1. The number of alkyl halides is 2. The van der Waals surface area contributed by atoms with E-state index in [4.69, 9.17) is 11.6 Å². The third kappa shape index (κ3) is 2.91. The lowest BCUT2D eigenvalue weighted by molar-refractivity contribution is 0.0181. The first kappa shape index (κ1) is 13.5. The molecule has 1 aromatic rings. The fourth-order valence-corrected chi connectivity index (χ4v) is 2.37. The molecule has 0 radical (unpaired) electrons. The molecule has 100 valence electrons. The van der Waals surface area contributed by atoms with Crippen molar-refractivity contribution in [3.8, 4) is 5.75 Å². The minimum absolute atomic E-state index is 0.0891. The number of rotatable bonds is 3. The maximum Gasteiger partial charge on any atom is 0.258 e. The van der Waals surface area contributed by atoms with Crippen molar-refractivity contribution in [1.82, 2.24) is 10.2 Å². The Morgan fingerprint density at radius 2 is 1.94 bits per heavy atom. The first-order chi connectivity index (χ1) is 8.59. The molecule has 1 aromatic carbocycles. The molecule has 6 heteroatoms. The fraction of sp³-hybridized carbons (Fsp3) is 0.500. The van der Waals surface area contributed by atoms with Gasteiger partial charge in [-0.1, -0.05) is 17.7 Å². The van der Waals surface area contributed by atoms with Crippen LogP contribution >= 0.6 is 11.6 Å². The van der Waals surface area contributed by atoms with E-state index in [1.807, 2.05) is 0 Å². The Morgan fingerprint density at radius 1 is 1.28 bits per heavy atom. The molecule has 2 rings (SSSR count). The summed E-state index contributed by atoms with van der Waals surface area (Å²) in [5, 5.41) is 12.6. The van der Waals surface area contributed by atoms with Crippen LogP contribution in [0.15, 0.2) is 18.2 Å². The van der Waals surface area contributed by atoms with Crippen LogP contribution in [0.1, 0.15) is 11.6 Å². The SMILES string of the molecule is Oc1ccc([C@@H](C(F)F)N2CCNCC2)cc1Cl. The number of aromatic hydroxyl groups is 1. The second kappa shape index (κ2) is 5.82. The van der Waals surface area contributed by atoms with Crippen LogP contribution in [0, 0.1) is 0 Å². The van der Waals surface area contributed by atoms with Gasteiger partial charge in [0.2, 0.25) is 0 Å². The second-order valence-corrected chi connectivity index (χ2v) is 4.68. The van der Waals surface area contributed by atoms with E-state index >= 15 is 0 Å². The topological polar surface area (TPSA) is 35.5 Å². The van der Waals surface area contributed by atoms with Gasteiger partial charge in [0.1, 0.15) is 5.75 Å². The van der Waals surface area contributed by atoms with Crippen LogP contribution in [0.5, 0.6) is 5.75 Å². The van der Waals surface area contributed by atoms with Gasteiger partial charge in [-0.3, -0.25) is 4.90 Å². The highest BCUT2D eigenvalue weighted by molar-refractivity contribution is 6.32. The lowest BCUT2D eigenvalue weighted by Crippen LogP contribution is -2.46. The monoisotopic (exact) mass is 276 g/mol. The minimum Gasteiger partial charge on any atom is -0.506 e. The molecule has 1 saturated heterocycles. The third-order valence-electron chi connectivity index (χ3n) is 3.10. The molecule has 1 aliphatic heterocycles. The first-order valence-corrected chi connectivity index (χ1v) is 6.18. The molecule has 0 bridgehead atoms. The smallest absolute Gasteiger partial charge is 0.258 e. The van der Waals surface area contributed by atoms with E-state index in [-0.39, 0.29) is 10.8 Å². The van der Waals surface area contributed by atoms with Crippen LogP contribution < -0.4 is 5.32 Å². The summed E-state index contributed by atoms with van der Waals surface area (Å²) in [6.45, 7) is 2.56. The number of halogens is 3. The van der Waals surface area contributed by atoms with Crippen molar-refractivity contribution in [2.75, 3.05) is 26.2 Å². The summed E-state index contributed by atoms with van der Waals surface area (Å²) in [6, 6.07) is 3.30. The molecule has 3 nitrogen and oxygen atoms in total. The van der Waals surface area contributed by atoms with Gasteiger partial charge in [0.15, 0.2) is 0 Å². The van der Waals surface area contributed by atoms with E-state index in [0.29, 0.717) is 31.7 Å². The van der Waals surface area contributed by atoms with Crippen molar-refractivity contribution in [1.29, 1.82) is 0 Å². The number of benzene rings is 1. The third-order valence-corrected chi connectivity index (χ3v) is 3.40. The Balaban J connectivity index is 2.25. The lowest BCUT2D eigenvalue weighted by Gasteiger charge is -2.34. The molecule has 0 amide bonds. The zero-order valence-electron chi connectivity index (χ0n) is 9.74. The summed E-state index contributed by atoms with van der Waals surface area (Å²) >= 11 is 5.78. The van der Waals surface area contributed by atoms with E-state index in [1.54, 1.807) is 4.90 Å². The molecule has 0 spiro atoms. The van der Waals surface area contributed by atoms with E-state index in [0.717, 1.165) is 0 Å². The molecule has 0 aliphatic carbocycles. The van der Waals surface area contributed by atoms with Crippen molar-refractivity contribution in [2.24, 2.45) is 0 Å². The summed E-state index contributed by atoms with van der Waals surface area (Å²) in [5.41, 5.74) is 0.440. The maximum absolute atomic E-state index is 13.2. The highest BCUT2D eigenvalue weighted by Gasteiger charge is 2.30. The van der Waals surface area contributed by atoms with Crippen LogP contribution in [-0.2, 0) is 0 Å². The Kier molecular flexibility index (Phi) is 4.37. The van der Waals surface area contributed by atoms with Gasteiger partial charge in [-0.15, -0.1) is 0 Å². The van der Waals surface area contributed by atoms with E-state index in [9.17, 15) is 13.9 Å². The van der Waals surface area contributed by atoms with Crippen LogP contribution in [-0.4, -0.2) is 42.6 Å². The van der Waals surface area contributed by atoms with E-state index in [1.165, 1.54) is 18.2 Å². The average Bonchev–Trinajstić information content (AvgIpc) is 2.35. The van der Waals surface area contributed by atoms with E-state index in [2.05, 4.69) is 5.32 Å². The van der Waals surface area contributed by atoms with Crippen molar-refractivity contribution in [2.45, 2.75) is 12.5 Å². The van der Waals surface area contributed by atoms with Gasteiger partial charge in [-0.25, -0.2) is 8.78 Å². The van der Waals surface area contributed by atoms with Gasteiger partial charge >= 0.3 is 0 Å². The lowest BCUT2D eigenvalue weighted by atomic mass is 10.0. The van der Waals surface area contributed by atoms with Crippen LogP contribution in [0.3, 0.4) is 0 Å². The second-order valence-electron chi connectivity index (χ2n) is 4.28. The Bertz CT molecular complexity index is 411. The summed E-state index contributed by atoms with van der Waals surface area (Å²) < 4.78 is 26.5. The largest absolute Gasteiger partial charge is 0.506 e. The van der Waals surface area contributed by atoms with Gasteiger partial charge in [0.25, 0.3) is 6.43 Å². The zero-order valence-corrected chi connectivity index (χ0v) is 10.5. The highest BCUT2D eigenvalue weighted by Crippen LogP contribution is 2.32. The van der Waals surface area contributed by atoms with Crippen molar-refractivity contribution in [3.05, 3.63) is 28.8 Å². The number of nitrogens with zero attached hydrogens (tertiary/aromatic N) is 1. The number of phenolic OH excluding ortho intramolecular Hbond substituents is 1. The normalized spacial score (nSPS) is 19.1. The molecule has 0 unspecified atom stereocenters. The quantitative estimate of drug-likeness (QED) is 0.889. The zero-order chi connectivity index (χ0) is 13.1. The highest BCUT2D eigenvalue weighted by atomic mass is 35.5. The fourth-order valence-electron chi connectivity index (χ4n) is 2.18. The van der Waals surface area contributed by atoms with Gasteiger partial charge in [-0.2, -0.15) is 0 Å². The summed E-state index contributed by atoms with van der Waals surface area (Å²) in [5.74, 6) is -0.0891. The molecule has 1 fully saturated rings. The average molecular weight is 277 g/mol. The Morgan fingerprint density at radius 3 is 2.50 bits per heavy atom. The van der Waals surface area contributed by atoms with Gasteiger partial charge in [0, 0.05) is 26.2 Å². The van der Waals surface area contributed by atoms with Gasteiger partial charge < -0.3 is 10.4 Å². The predicted octanol–water partition coefficient (Wildman–Crippen LogP) is 2.26. The van der Waals surface area contributed by atoms with Crippen LogP contribution in [0.2, 0.25) is 5.02 Å². The molecular formula is C12H15ClF2N2O. The maximum atomic E-state index is 13.2. The van der Waals surface area contributed by atoms with Crippen LogP contribution in [0.25, 0.3) is 0 Å². The molecule has 0 aromatic heterocycles. The van der Waals surface area contributed by atoms with Crippen molar-refractivity contribution >= 4 is 11.6 Å². The predicted molar refractivity (Wildman–Crippen MR) is 66.3 cm³/mol. The van der Waals surface area contributed by atoms with Crippen molar-refractivity contribution < 1.29 is 13.9 Å². The molecular weight excluding hydrogens is 262 g/mol. The Labute approximate surface area is 109 Å². The molecule has 2 N–H and O–H groups in total. The number of piperazine rings is 1. The minimum atomic E-state index is -2.48. The molecule has 1 heterocycles. The number of hydrogen-bond donors (Lipinski definition) is 2.